The first-order chi connectivity index (χ1) is 8.77. The Kier molecular flexibility index (Phi) is 3.50. The molecule has 2 saturated carbocycles. The molecule has 18 heavy (non-hydrogen) atoms. The minimum absolute atomic E-state index is 0.855. The first-order valence-corrected chi connectivity index (χ1v) is 7.92. The van der Waals surface area contributed by atoms with Gasteiger partial charge in [0.25, 0.3) is 0 Å². The van der Waals surface area contributed by atoms with Crippen LogP contribution < -0.4 is 0 Å². The summed E-state index contributed by atoms with van der Waals surface area (Å²) in [7, 11) is 0. The van der Waals surface area contributed by atoms with Crippen molar-refractivity contribution >= 4 is 0 Å². The van der Waals surface area contributed by atoms with E-state index in [1.807, 2.05) is 0 Å². The Hall–Kier alpha value is -0.720. The van der Waals surface area contributed by atoms with Gasteiger partial charge in [0.2, 0.25) is 0 Å². The van der Waals surface area contributed by atoms with Gasteiger partial charge in [-0.3, -0.25) is 0 Å². The van der Waals surface area contributed by atoms with Gasteiger partial charge in [-0.2, -0.15) is 0 Å². The lowest BCUT2D eigenvalue weighted by Crippen LogP contribution is -2.36. The van der Waals surface area contributed by atoms with Crippen LogP contribution in [-0.4, -0.2) is 17.5 Å². The van der Waals surface area contributed by atoms with E-state index in [-0.39, 0.29) is 0 Å². The van der Waals surface area contributed by atoms with E-state index >= 15 is 0 Å². The quantitative estimate of drug-likeness (QED) is 0.649. The van der Waals surface area contributed by atoms with Crippen molar-refractivity contribution in [2.24, 2.45) is 5.92 Å². The Morgan fingerprint density at radius 1 is 1.06 bits per heavy atom. The molecule has 2 atom stereocenters. The molecule has 1 aliphatic heterocycles. The molecular weight excluding hydrogens is 218 g/mol. The van der Waals surface area contributed by atoms with Gasteiger partial charge in [0, 0.05) is 18.3 Å². The smallest absolute Gasteiger partial charge is 0.0315 e. The van der Waals surface area contributed by atoms with Gasteiger partial charge in [0.05, 0.1) is 0 Å². The van der Waals surface area contributed by atoms with Crippen LogP contribution in [0.25, 0.3) is 0 Å². The molecule has 0 bridgehead atoms. The molecule has 1 nitrogen and oxygen atoms in total. The molecule has 0 aromatic heterocycles. The number of hydrogen-bond donors (Lipinski definition) is 0. The summed E-state index contributed by atoms with van der Waals surface area (Å²) < 4.78 is 0. The van der Waals surface area contributed by atoms with Crippen molar-refractivity contribution in [3.05, 3.63) is 23.4 Å². The molecule has 1 saturated heterocycles. The molecule has 0 radical (unpaired) electrons. The zero-order chi connectivity index (χ0) is 12.5. The highest BCUT2D eigenvalue weighted by Gasteiger charge is 2.34. The van der Waals surface area contributed by atoms with Gasteiger partial charge in [0.15, 0.2) is 0 Å². The van der Waals surface area contributed by atoms with Crippen LogP contribution in [0.1, 0.15) is 64.7 Å². The third-order valence-electron chi connectivity index (χ3n) is 5.44. The van der Waals surface area contributed by atoms with E-state index in [1.54, 1.807) is 11.3 Å². The Balaban J connectivity index is 1.86. The van der Waals surface area contributed by atoms with Gasteiger partial charge in [-0.15, -0.1) is 0 Å². The maximum absolute atomic E-state index is 4.28. The normalized spacial score (nSPS) is 35.6. The van der Waals surface area contributed by atoms with Crippen LogP contribution in [0.4, 0.5) is 0 Å². The first kappa shape index (κ1) is 12.3. The summed E-state index contributed by atoms with van der Waals surface area (Å²) in [6.45, 7) is 7.94. The Labute approximate surface area is 112 Å². The average Bonchev–Trinajstić information content (AvgIpc) is 2.94. The van der Waals surface area contributed by atoms with Crippen LogP contribution >= 0.6 is 0 Å². The van der Waals surface area contributed by atoms with E-state index in [0.29, 0.717) is 0 Å². The summed E-state index contributed by atoms with van der Waals surface area (Å²) in [5, 5.41) is 0. The van der Waals surface area contributed by atoms with Gasteiger partial charge in [0.1, 0.15) is 0 Å². The minimum atomic E-state index is 0.855. The largest absolute Gasteiger partial charge is 0.372 e. The maximum atomic E-state index is 4.28. The van der Waals surface area contributed by atoms with E-state index in [2.05, 4.69) is 18.4 Å². The fourth-order valence-corrected chi connectivity index (χ4v) is 4.45. The molecule has 2 aliphatic carbocycles. The maximum Gasteiger partial charge on any atom is 0.0315 e. The van der Waals surface area contributed by atoms with Crippen molar-refractivity contribution in [1.82, 2.24) is 4.90 Å². The van der Waals surface area contributed by atoms with E-state index in [4.69, 9.17) is 0 Å². The summed E-state index contributed by atoms with van der Waals surface area (Å²) >= 11 is 0. The second-order valence-corrected chi connectivity index (χ2v) is 6.47. The first-order valence-electron chi connectivity index (χ1n) is 7.92. The second-order valence-electron chi connectivity index (χ2n) is 6.47. The SMILES string of the molecule is C=C1CCC/C1=C(/C)N1CCCCC2CCCC21. The third-order valence-corrected chi connectivity index (χ3v) is 5.44. The molecule has 1 heteroatoms. The Bertz CT molecular complexity index is 366. The Morgan fingerprint density at radius 2 is 1.89 bits per heavy atom. The predicted molar refractivity (Wildman–Crippen MR) is 77.4 cm³/mol. The molecule has 0 N–H and O–H groups in total. The molecule has 3 aliphatic rings. The molecule has 3 rings (SSSR count). The molecule has 0 spiro atoms. The van der Waals surface area contributed by atoms with Crippen LogP contribution in [0.3, 0.4) is 0 Å². The number of allylic oxidation sites excluding steroid dienone is 3. The molecular formula is C17H27N. The highest BCUT2D eigenvalue weighted by Crippen LogP contribution is 2.40. The van der Waals surface area contributed by atoms with Crippen LogP contribution in [0.2, 0.25) is 0 Å². The third kappa shape index (κ3) is 2.13. The standard InChI is InChI=1S/C17H27N/c1-13-7-5-10-16(13)14(2)18-12-4-3-8-15-9-6-11-17(15)18/h15,17H,1,3-12H2,2H3/b16-14+. The van der Waals surface area contributed by atoms with Gasteiger partial charge >= 0.3 is 0 Å². The van der Waals surface area contributed by atoms with E-state index in [0.717, 1.165) is 12.0 Å². The van der Waals surface area contributed by atoms with Crippen molar-refractivity contribution in [3.63, 3.8) is 0 Å². The molecule has 0 aromatic rings. The number of nitrogens with zero attached hydrogens (tertiary/aromatic N) is 1. The summed E-state index contributed by atoms with van der Waals surface area (Å²) in [5.74, 6) is 0.984. The van der Waals surface area contributed by atoms with E-state index in [9.17, 15) is 0 Å². The molecule has 2 unspecified atom stereocenters. The van der Waals surface area contributed by atoms with Crippen molar-refractivity contribution in [3.8, 4) is 0 Å². The van der Waals surface area contributed by atoms with Gasteiger partial charge < -0.3 is 4.90 Å². The number of likely N-dealkylation sites (tertiary alicyclic amines) is 1. The summed E-state index contributed by atoms with van der Waals surface area (Å²) in [6.07, 6.45) is 12.5. The monoisotopic (exact) mass is 245 g/mol. The lowest BCUT2D eigenvalue weighted by atomic mass is 9.97. The number of rotatable bonds is 1. The van der Waals surface area contributed by atoms with E-state index < -0.39 is 0 Å². The fourth-order valence-electron chi connectivity index (χ4n) is 4.45. The van der Waals surface area contributed by atoms with Gasteiger partial charge in [-0.05, 0) is 63.4 Å². The number of hydrogen-bond acceptors (Lipinski definition) is 1. The fraction of sp³-hybridized carbons (Fsp3) is 0.765. The second kappa shape index (κ2) is 5.11. The predicted octanol–water partition coefficient (Wildman–Crippen LogP) is 4.66. The van der Waals surface area contributed by atoms with Crippen molar-refractivity contribution < 1.29 is 0 Å². The van der Waals surface area contributed by atoms with Crippen molar-refractivity contribution in [2.45, 2.75) is 70.8 Å². The highest BCUT2D eigenvalue weighted by atomic mass is 15.2. The minimum Gasteiger partial charge on any atom is -0.372 e. The van der Waals surface area contributed by atoms with Crippen molar-refractivity contribution in [2.75, 3.05) is 6.54 Å². The molecule has 0 amide bonds. The lowest BCUT2D eigenvalue weighted by molar-refractivity contribution is 0.222. The zero-order valence-electron chi connectivity index (χ0n) is 11.9. The Morgan fingerprint density at radius 3 is 2.67 bits per heavy atom. The average molecular weight is 245 g/mol. The van der Waals surface area contributed by atoms with Crippen LogP contribution in [0, 0.1) is 5.92 Å². The summed E-state index contributed by atoms with van der Waals surface area (Å²) in [4.78, 5) is 2.77. The highest BCUT2D eigenvalue weighted by molar-refractivity contribution is 5.36. The van der Waals surface area contributed by atoms with Crippen LogP contribution in [0.5, 0.6) is 0 Å². The molecule has 1 heterocycles. The van der Waals surface area contributed by atoms with Crippen LogP contribution in [-0.2, 0) is 0 Å². The van der Waals surface area contributed by atoms with Gasteiger partial charge in [-0.1, -0.05) is 25.0 Å². The van der Waals surface area contributed by atoms with Crippen LogP contribution in [0.15, 0.2) is 23.4 Å². The van der Waals surface area contributed by atoms with E-state index in [1.165, 1.54) is 69.9 Å². The van der Waals surface area contributed by atoms with Gasteiger partial charge in [-0.25, -0.2) is 0 Å². The number of fused-ring (bicyclic) bond motifs is 1. The molecule has 0 aromatic carbocycles. The molecule has 100 valence electrons. The lowest BCUT2D eigenvalue weighted by Gasteiger charge is -2.34. The topological polar surface area (TPSA) is 3.24 Å². The molecule has 3 fully saturated rings. The van der Waals surface area contributed by atoms with Crippen molar-refractivity contribution in [1.29, 1.82) is 0 Å². The zero-order valence-corrected chi connectivity index (χ0v) is 11.9. The summed E-state index contributed by atoms with van der Waals surface area (Å²) in [5.41, 5.74) is 4.60. The summed E-state index contributed by atoms with van der Waals surface area (Å²) in [6, 6.07) is 0.855.